The molecule has 6 nitrogen and oxygen atoms in total. The van der Waals surface area contributed by atoms with Crippen molar-refractivity contribution in [2.75, 3.05) is 0 Å². The minimum Gasteiger partial charge on any atom is -0.349 e. The third-order valence-electron chi connectivity index (χ3n) is 3.71. The highest BCUT2D eigenvalue weighted by Gasteiger charge is 2.25. The highest BCUT2D eigenvalue weighted by atomic mass is 35.5. The zero-order chi connectivity index (χ0) is 14.7. The van der Waals surface area contributed by atoms with E-state index in [1.807, 2.05) is 0 Å². The lowest BCUT2D eigenvalue weighted by Crippen LogP contribution is -2.41. The molecule has 0 aliphatic heterocycles. The maximum Gasteiger partial charge on any atom is 0.288 e. The molecular weight excluding hydrogens is 282 g/mol. The van der Waals surface area contributed by atoms with E-state index in [1.54, 1.807) is 0 Å². The van der Waals surface area contributed by atoms with E-state index in [1.165, 1.54) is 6.42 Å². The molecule has 2 unspecified atom stereocenters. The van der Waals surface area contributed by atoms with Crippen LogP contribution >= 0.6 is 11.6 Å². The van der Waals surface area contributed by atoms with Crippen LogP contribution < -0.4 is 5.32 Å². The fourth-order valence-electron chi connectivity index (χ4n) is 2.47. The average Bonchev–Trinajstić information content (AvgIpc) is 2.41. The Kier molecular flexibility index (Phi) is 4.54. The predicted octanol–water partition coefficient (Wildman–Crippen LogP) is 2.95. The van der Waals surface area contributed by atoms with Crippen molar-refractivity contribution >= 4 is 23.2 Å². The van der Waals surface area contributed by atoms with Gasteiger partial charge in [-0.25, -0.2) is 4.98 Å². The number of hydrogen-bond donors (Lipinski definition) is 1. The topological polar surface area (TPSA) is 85.1 Å². The molecule has 1 aromatic heterocycles. The van der Waals surface area contributed by atoms with Crippen molar-refractivity contribution < 1.29 is 9.72 Å². The van der Waals surface area contributed by atoms with Gasteiger partial charge in [0.25, 0.3) is 11.6 Å². The molecule has 1 aliphatic carbocycles. The lowest BCUT2D eigenvalue weighted by molar-refractivity contribution is -0.385. The van der Waals surface area contributed by atoms with Crippen LogP contribution in [0.25, 0.3) is 0 Å². The normalized spacial score (nSPS) is 22.3. The Morgan fingerprint density at radius 1 is 1.50 bits per heavy atom. The van der Waals surface area contributed by atoms with Gasteiger partial charge in [-0.3, -0.25) is 14.9 Å². The van der Waals surface area contributed by atoms with Crippen molar-refractivity contribution in [1.29, 1.82) is 0 Å². The van der Waals surface area contributed by atoms with Crippen LogP contribution in [0, 0.1) is 16.0 Å². The predicted molar refractivity (Wildman–Crippen MR) is 74.8 cm³/mol. The molecule has 20 heavy (non-hydrogen) atoms. The Hall–Kier alpha value is -1.69. The molecule has 7 heteroatoms. The third kappa shape index (κ3) is 3.25. The molecule has 1 N–H and O–H groups in total. The van der Waals surface area contributed by atoms with Crippen LogP contribution in [0.1, 0.15) is 43.0 Å². The molecule has 2 rings (SSSR count). The smallest absolute Gasteiger partial charge is 0.288 e. The summed E-state index contributed by atoms with van der Waals surface area (Å²) in [6.45, 7) is 2.09. The van der Waals surface area contributed by atoms with Gasteiger partial charge in [0.15, 0.2) is 0 Å². The molecule has 1 aliphatic rings. The van der Waals surface area contributed by atoms with Crippen LogP contribution in [0.5, 0.6) is 0 Å². The molecule has 0 bridgehead atoms. The number of aromatic nitrogens is 1. The van der Waals surface area contributed by atoms with Gasteiger partial charge in [0.2, 0.25) is 0 Å². The number of hydrogen-bond acceptors (Lipinski definition) is 4. The van der Waals surface area contributed by atoms with Crippen molar-refractivity contribution in [3.63, 3.8) is 0 Å². The van der Waals surface area contributed by atoms with Crippen molar-refractivity contribution in [2.45, 2.75) is 38.6 Å². The number of nitro groups is 1. The van der Waals surface area contributed by atoms with Gasteiger partial charge in [-0.2, -0.15) is 0 Å². The summed E-state index contributed by atoms with van der Waals surface area (Å²) >= 11 is 5.86. The summed E-state index contributed by atoms with van der Waals surface area (Å²) in [5.41, 5.74) is -0.185. The van der Waals surface area contributed by atoms with Crippen LogP contribution in [0.2, 0.25) is 5.15 Å². The summed E-state index contributed by atoms with van der Waals surface area (Å²) in [4.78, 5) is 26.0. The van der Waals surface area contributed by atoms with E-state index in [0.29, 0.717) is 5.92 Å². The van der Waals surface area contributed by atoms with Gasteiger partial charge in [-0.15, -0.1) is 0 Å². The summed E-state index contributed by atoms with van der Waals surface area (Å²) < 4.78 is 0. The van der Waals surface area contributed by atoms with Crippen LogP contribution in [0.4, 0.5) is 5.69 Å². The Bertz CT molecular complexity index is 536. The number of rotatable bonds is 3. The van der Waals surface area contributed by atoms with Crippen LogP contribution in [-0.2, 0) is 0 Å². The Morgan fingerprint density at radius 3 is 2.85 bits per heavy atom. The molecule has 0 spiro atoms. The highest BCUT2D eigenvalue weighted by molar-refractivity contribution is 6.32. The van der Waals surface area contributed by atoms with Gasteiger partial charge < -0.3 is 5.32 Å². The number of nitrogens with zero attached hydrogens (tertiary/aromatic N) is 2. The van der Waals surface area contributed by atoms with E-state index in [4.69, 9.17) is 11.6 Å². The van der Waals surface area contributed by atoms with Gasteiger partial charge in [0, 0.05) is 12.1 Å². The van der Waals surface area contributed by atoms with E-state index in [-0.39, 0.29) is 22.4 Å². The molecule has 0 saturated heterocycles. The van der Waals surface area contributed by atoms with Gasteiger partial charge in [0.05, 0.1) is 10.5 Å². The molecule has 1 heterocycles. The fraction of sp³-hybridized carbons (Fsp3) is 0.538. The van der Waals surface area contributed by atoms with Crippen LogP contribution in [-0.4, -0.2) is 21.9 Å². The first-order valence-corrected chi connectivity index (χ1v) is 6.97. The third-order valence-corrected chi connectivity index (χ3v) is 4.01. The summed E-state index contributed by atoms with van der Waals surface area (Å²) in [6.07, 6.45) is 5.30. The first-order chi connectivity index (χ1) is 9.49. The Balaban J connectivity index is 2.16. The Labute approximate surface area is 121 Å². The number of carbonyl (C=O) groups is 1. The number of halogens is 1. The van der Waals surface area contributed by atoms with E-state index in [2.05, 4.69) is 17.2 Å². The molecule has 108 valence electrons. The second kappa shape index (κ2) is 6.17. The number of pyridine rings is 1. The summed E-state index contributed by atoms with van der Waals surface area (Å²) in [5, 5.41) is 13.6. The Morgan fingerprint density at radius 2 is 2.20 bits per heavy atom. The minimum atomic E-state index is -0.594. The second-order valence-electron chi connectivity index (χ2n) is 5.13. The van der Waals surface area contributed by atoms with Crippen LogP contribution in [0.3, 0.4) is 0 Å². The fourth-order valence-corrected chi connectivity index (χ4v) is 2.66. The van der Waals surface area contributed by atoms with Gasteiger partial charge >= 0.3 is 0 Å². The quantitative estimate of drug-likeness (QED) is 0.528. The van der Waals surface area contributed by atoms with Gasteiger partial charge in [-0.05, 0) is 18.8 Å². The molecular formula is C13H16ClN3O3. The van der Waals surface area contributed by atoms with E-state index in [9.17, 15) is 14.9 Å². The molecule has 1 fully saturated rings. The zero-order valence-corrected chi connectivity index (χ0v) is 11.9. The molecule has 1 amide bonds. The number of carbonyl (C=O) groups excluding carboxylic acids is 1. The standard InChI is InChI=1S/C13H16ClN3O3/c1-8-4-2-3-5-11(8)16-13(18)10-6-9(17(19)20)7-15-12(10)14/h6-8,11H,2-5H2,1H3,(H,16,18). The molecule has 2 atom stereocenters. The van der Waals surface area contributed by atoms with Crippen molar-refractivity contribution in [1.82, 2.24) is 10.3 Å². The maximum absolute atomic E-state index is 12.2. The molecule has 0 radical (unpaired) electrons. The minimum absolute atomic E-state index is 0.0171. The number of amides is 1. The van der Waals surface area contributed by atoms with Gasteiger partial charge in [0.1, 0.15) is 11.3 Å². The van der Waals surface area contributed by atoms with Gasteiger partial charge in [-0.1, -0.05) is 31.4 Å². The van der Waals surface area contributed by atoms with Crippen LogP contribution in [0.15, 0.2) is 12.3 Å². The monoisotopic (exact) mass is 297 g/mol. The second-order valence-corrected chi connectivity index (χ2v) is 5.49. The number of nitrogens with one attached hydrogen (secondary N) is 1. The van der Waals surface area contributed by atoms with E-state index >= 15 is 0 Å². The zero-order valence-electron chi connectivity index (χ0n) is 11.1. The molecule has 1 aromatic rings. The van der Waals surface area contributed by atoms with Crippen molar-refractivity contribution in [3.8, 4) is 0 Å². The average molecular weight is 298 g/mol. The molecule has 1 saturated carbocycles. The first kappa shape index (κ1) is 14.7. The SMILES string of the molecule is CC1CCCCC1NC(=O)c1cc([N+](=O)[O-])cnc1Cl. The van der Waals surface area contributed by atoms with E-state index < -0.39 is 10.8 Å². The molecule has 0 aromatic carbocycles. The summed E-state index contributed by atoms with van der Waals surface area (Å²) in [5.74, 6) is 0.00285. The summed E-state index contributed by atoms with van der Waals surface area (Å²) in [7, 11) is 0. The van der Waals surface area contributed by atoms with E-state index in [0.717, 1.165) is 31.5 Å². The van der Waals surface area contributed by atoms with Crippen molar-refractivity contribution in [2.24, 2.45) is 5.92 Å². The highest BCUT2D eigenvalue weighted by Crippen LogP contribution is 2.25. The first-order valence-electron chi connectivity index (χ1n) is 6.60. The van der Waals surface area contributed by atoms with Crippen molar-refractivity contribution in [3.05, 3.63) is 33.1 Å². The maximum atomic E-state index is 12.2. The lowest BCUT2D eigenvalue weighted by Gasteiger charge is -2.29. The lowest BCUT2D eigenvalue weighted by atomic mass is 9.86. The summed E-state index contributed by atoms with van der Waals surface area (Å²) in [6, 6.07) is 1.25. The largest absolute Gasteiger partial charge is 0.349 e.